The van der Waals surface area contributed by atoms with Crippen LogP contribution in [0.4, 0.5) is 0 Å². The Bertz CT molecular complexity index is 580. The predicted molar refractivity (Wildman–Crippen MR) is 78.0 cm³/mol. The molecular formula is C15H19NO3S. The number of allylic oxidation sites excluding steroid dienone is 1. The molecule has 1 aliphatic heterocycles. The number of likely N-dealkylation sites (tertiary alicyclic amines) is 1. The lowest BCUT2D eigenvalue weighted by molar-refractivity contribution is -0.130. The lowest BCUT2D eigenvalue weighted by atomic mass is 10.3. The molecule has 1 fully saturated rings. The summed E-state index contributed by atoms with van der Waals surface area (Å²) in [7, 11) is -3.34. The second-order valence-electron chi connectivity index (χ2n) is 4.94. The normalized spacial score (nSPS) is 19.0. The van der Waals surface area contributed by atoms with E-state index in [9.17, 15) is 13.2 Å². The van der Waals surface area contributed by atoms with Gasteiger partial charge in [0, 0.05) is 19.5 Å². The van der Waals surface area contributed by atoms with Gasteiger partial charge in [-0.3, -0.25) is 4.79 Å². The molecule has 1 aliphatic rings. The van der Waals surface area contributed by atoms with Crippen LogP contribution in [-0.4, -0.2) is 37.6 Å². The molecule has 1 aromatic carbocycles. The SMILES string of the molecule is C=CCCC(=O)N1CC[C@H](S(=O)(=O)c2ccccc2)C1. The molecule has 0 N–H and O–H groups in total. The third kappa shape index (κ3) is 3.10. The highest BCUT2D eigenvalue weighted by atomic mass is 32.2. The molecular weight excluding hydrogens is 274 g/mol. The van der Waals surface area contributed by atoms with E-state index in [0.717, 1.165) is 0 Å². The van der Waals surface area contributed by atoms with Crippen LogP contribution < -0.4 is 0 Å². The zero-order chi connectivity index (χ0) is 14.6. The number of benzene rings is 1. The first-order chi connectivity index (χ1) is 9.55. The quantitative estimate of drug-likeness (QED) is 0.781. The molecule has 5 heteroatoms. The fourth-order valence-electron chi connectivity index (χ4n) is 2.39. The molecule has 1 aromatic rings. The molecule has 2 rings (SSSR count). The Morgan fingerprint density at radius 1 is 1.35 bits per heavy atom. The van der Waals surface area contributed by atoms with E-state index in [0.29, 0.717) is 37.2 Å². The van der Waals surface area contributed by atoms with Crippen molar-refractivity contribution in [3.05, 3.63) is 43.0 Å². The summed E-state index contributed by atoms with van der Waals surface area (Å²) in [6.07, 6.45) is 3.25. The molecule has 4 nitrogen and oxygen atoms in total. The number of hydrogen-bond acceptors (Lipinski definition) is 3. The molecule has 20 heavy (non-hydrogen) atoms. The summed E-state index contributed by atoms with van der Waals surface area (Å²) >= 11 is 0. The van der Waals surface area contributed by atoms with Crippen molar-refractivity contribution in [2.45, 2.75) is 29.4 Å². The summed E-state index contributed by atoms with van der Waals surface area (Å²) in [5.41, 5.74) is 0. The molecule has 1 atom stereocenters. The fraction of sp³-hybridized carbons (Fsp3) is 0.400. The van der Waals surface area contributed by atoms with Crippen molar-refractivity contribution in [3.63, 3.8) is 0 Å². The van der Waals surface area contributed by atoms with Crippen molar-refractivity contribution in [1.82, 2.24) is 4.90 Å². The Kier molecular flexibility index (Phi) is 4.60. The van der Waals surface area contributed by atoms with Crippen LogP contribution in [0.1, 0.15) is 19.3 Å². The van der Waals surface area contributed by atoms with Gasteiger partial charge in [-0.25, -0.2) is 8.42 Å². The third-order valence-electron chi connectivity index (χ3n) is 3.57. The van der Waals surface area contributed by atoms with Gasteiger partial charge >= 0.3 is 0 Å². The maximum atomic E-state index is 12.5. The molecule has 0 spiro atoms. The van der Waals surface area contributed by atoms with Crippen LogP contribution in [0.3, 0.4) is 0 Å². The summed E-state index contributed by atoms with van der Waals surface area (Å²) in [5.74, 6) is 0.00987. The Morgan fingerprint density at radius 3 is 2.70 bits per heavy atom. The van der Waals surface area contributed by atoms with E-state index in [4.69, 9.17) is 0 Å². The minimum atomic E-state index is -3.34. The number of nitrogens with zero attached hydrogens (tertiary/aromatic N) is 1. The van der Waals surface area contributed by atoms with Gasteiger partial charge in [-0.1, -0.05) is 24.3 Å². The van der Waals surface area contributed by atoms with Crippen LogP contribution in [0.2, 0.25) is 0 Å². The zero-order valence-corrected chi connectivity index (χ0v) is 12.2. The second kappa shape index (κ2) is 6.22. The Hall–Kier alpha value is -1.62. The van der Waals surface area contributed by atoms with Gasteiger partial charge in [-0.05, 0) is 25.0 Å². The van der Waals surface area contributed by atoms with Gasteiger partial charge in [0.15, 0.2) is 9.84 Å². The molecule has 0 unspecified atom stereocenters. The largest absolute Gasteiger partial charge is 0.341 e. The van der Waals surface area contributed by atoms with E-state index in [2.05, 4.69) is 6.58 Å². The van der Waals surface area contributed by atoms with Gasteiger partial charge in [0.25, 0.3) is 0 Å². The van der Waals surface area contributed by atoms with Gasteiger partial charge in [0.1, 0.15) is 0 Å². The molecule has 108 valence electrons. The maximum absolute atomic E-state index is 12.5. The van der Waals surface area contributed by atoms with Crippen LogP contribution >= 0.6 is 0 Å². The number of rotatable bonds is 5. The third-order valence-corrected chi connectivity index (χ3v) is 5.76. The first-order valence-electron chi connectivity index (χ1n) is 6.73. The van der Waals surface area contributed by atoms with Crippen molar-refractivity contribution < 1.29 is 13.2 Å². The lowest BCUT2D eigenvalue weighted by Gasteiger charge is -2.16. The number of carbonyl (C=O) groups is 1. The van der Waals surface area contributed by atoms with Crippen LogP contribution in [-0.2, 0) is 14.6 Å². The van der Waals surface area contributed by atoms with E-state index in [1.165, 1.54) is 0 Å². The van der Waals surface area contributed by atoms with Gasteiger partial charge in [-0.15, -0.1) is 6.58 Å². The molecule has 0 saturated carbocycles. The Balaban J connectivity index is 2.06. The lowest BCUT2D eigenvalue weighted by Crippen LogP contribution is -2.31. The monoisotopic (exact) mass is 293 g/mol. The molecule has 0 radical (unpaired) electrons. The van der Waals surface area contributed by atoms with Gasteiger partial charge in [0.05, 0.1) is 10.1 Å². The number of hydrogen-bond donors (Lipinski definition) is 0. The fourth-order valence-corrected chi connectivity index (χ4v) is 4.11. The zero-order valence-electron chi connectivity index (χ0n) is 11.4. The van der Waals surface area contributed by atoms with Crippen molar-refractivity contribution in [1.29, 1.82) is 0 Å². The summed E-state index contributed by atoms with van der Waals surface area (Å²) in [5, 5.41) is -0.488. The first-order valence-corrected chi connectivity index (χ1v) is 8.28. The van der Waals surface area contributed by atoms with Crippen LogP contribution in [0.5, 0.6) is 0 Å². The molecule has 0 aromatic heterocycles. The molecule has 1 saturated heterocycles. The van der Waals surface area contributed by atoms with E-state index in [1.54, 1.807) is 41.3 Å². The molecule has 1 heterocycles. The first kappa shape index (κ1) is 14.8. The number of carbonyl (C=O) groups excluding carboxylic acids is 1. The minimum Gasteiger partial charge on any atom is -0.341 e. The highest BCUT2D eigenvalue weighted by Gasteiger charge is 2.35. The van der Waals surface area contributed by atoms with E-state index in [-0.39, 0.29) is 5.91 Å². The average Bonchev–Trinajstić information content (AvgIpc) is 2.96. The van der Waals surface area contributed by atoms with Crippen LogP contribution in [0, 0.1) is 0 Å². The highest BCUT2D eigenvalue weighted by Crippen LogP contribution is 2.24. The molecule has 0 bridgehead atoms. The molecule has 0 aliphatic carbocycles. The Morgan fingerprint density at radius 2 is 2.05 bits per heavy atom. The topological polar surface area (TPSA) is 54.5 Å². The number of sulfone groups is 1. The Labute approximate surface area is 120 Å². The predicted octanol–water partition coefficient (Wildman–Crippen LogP) is 2.03. The smallest absolute Gasteiger partial charge is 0.222 e. The molecule has 1 amide bonds. The van der Waals surface area contributed by atoms with Crippen molar-refractivity contribution in [3.8, 4) is 0 Å². The number of amides is 1. The van der Waals surface area contributed by atoms with Gasteiger partial charge in [-0.2, -0.15) is 0 Å². The van der Waals surface area contributed by atoms with Crippen LogP contribution in [0.15, 0.2) is 47.9 Å². The minimum absolute atomic E-state index is 0.00987. The van der Waals surface area contributed by atoms with Gasteiger partial charge < -0.3 is 4.90 Å². The maximum Gasteiger partial charge on any atom is 0.222 e. The van der Waals surface area contributed by atoms with E-state index >= 15 is 0 Å². The summed E-state index contributed by atoms with van der Waals surface area (Å²) < 4.78 is 24.9. The van der Waals surface area contributed by atoms with Crippen molar-refractivity contribution in [2.75, 3.05) is 13.1 Å². The second-order valence-corrected chi connectivity index (χ2v) is 7.16. The summed E-state index contributed by atoms with van der Waals surface area (Å²) in [4.78, 5) is 13.9. The summed E-state index contributed by atoms with van der Waals surface area (Å²) in [6, 6.07) is 8.44. The summed E-state index contributed by atoms with van der Waals surface area (Å²) in [6.45, 7) is 4.41. The highest BCUT2D eigenvalue weighted by molar-refractivity contribution is 7.92. The van der Waals surface area contributed by atoms with Crippen molar-refractivity contribution >= 4 is 15.7 Å². The average molecular weight is 293 g/mol. The standard InChI is InChI=1S/C15H19NO3S/c1-2-3-9-15(17)16-11-10-14(12-16)20(18,19)13-7-5-4-6-8-13/h2,4-8,14H,1,3,9-12H2/t14-/m0/s1. The van der Waals surface area contributed by atoms with Gasteiger partial charge in [0.2, 0.25) is 5.91 Å². The van der Waals surface area contributed by atoms with E-state index in [1.807, 2.05) is 0 Å². The van der Waals surface area contributed by atoms with Crippen LogP contribution in [0.25, 0.3) is 0 Å². The van der Waals surface area contributed by atoms with Crippen molar-refractivity contribution in [2.24, 2.45) is 0 Å². The van der Waals surface area contributed by atoms with E-state index < -0.39 is 15.1 Å².